The number of fused-ring (bicyclic) bond motifs is 1. The Morgan fingerprint density at radius 1 is 1.28 bits per heavy atom. The molecule has 2 N–H and O–H groups in total. The van der Waals surface area contributed by atoms with Crippen molar-refractivity contribution < 1.29 is 4.79 Å². The number of amides is 1. The van der Waals surface area contributed by atoms with E-state index in [-0.39, 0.29) is 11.9 Å². The van der Waals surface area contributed by atoms with Gasteiger partial charge in [-0.15, -0.1) is 0 Å². The number of halogens is 2. The van der Waals surface area contributed by atoms with Gasteiger partial charge in [0, 0.05) is 22.8 Å². The van der Waals surface area contributed by atoms with Crippen molar-refractivity contribution in [3.05, 3.63) is 57.3 Å². The minimum atomic E-state index is -0.113. The molecule has 0 saturated carbocycles. The number of hydrogen-bond donors (Lipinski definition) is 2. The molecule has 1 aliphatic rings. The number of hydrogen-bond acceptors (Lipinski definition) is 3. The van der Waals surface area contributed by atoms with Crippen molar-refractivity contribution in [1.82, 2.24) is 25.3 Å². The number of benzene rings is 1. The summed E-state index contributed by atoms with van der Waals surface area (Å²) in [6.45, 7) is 2.48. The van der Waals surface area contributed by atoms with E-state index in [0.717, 1.165) is 22.6 Å². The fourth-order valence-electron chi connectivity index (χ4n) is 3.18. The summed E-state index contributed by atoms with van der Waals surface area (Å²) < 4.78 is 0. The Bertz CT molecular complexity index is 935. The van der Waals surface area contributed by atoms with Crippen molar-refractivity contribution >= 4 is 29.1 Å². The molecular formula is C17H15Cl2N5O. The van der Waals surface area contributed by atoms with Crippen molar-refractivity contribution in [2.45, 2.75) is 25.9 Å². The van der Waals surface area contributed by atoms with Crippen LogP contribution in [0.15, 0.2) is 30.5 Å². The van der Waals surface area contributed by atoms with Gasteiger partial charge in [0.1, 0.15) is 5.69 Å². The number of H-pyrrole nitrogens is 2. The van der Waals surface area contributed by atoms with Gasteiger partial charge in [0.25, 0.3) is 5.91 Å². The number of rotatable bonds is 2. The second kappa shape index (κ2) is 6.20. The lowest BCUT2D eigenvalue weighted by Gasteiger charge is -2.33. The van der Waals surface area contributed by atoms with Crippen molar-refractivity contribution in [3.63, 3.8) is 0 Å². The van der Waals surface area contributed by atoms with Gasteiger partial charge in [0.15, 0.2) is 0 Å². The summed E-state index contributed by atoms with van der Waals surface area (Å²) >= 11 is 12.1. The Hall–Kier alpha value is -2.31. The standard InChI is InChI=1S/C17H15Cl2N5O/c1-9-6-12-15(22-23-16(12)14-4-5-20-21-14)8-24(9)17(25)11-3-2-10(18)7-13(11)19/h2-5,7,9H,6,8H2,1H3,(H,20,21)(H,22,23). The smallest absolute Gasteiger partial charge is 0.255 e. The van der Waals surface area contributed by atoms with Gasteiger partial charge in [0.2, 0.25) is 0 Å². The van der Waals surface area contributed by atoms with Crippen LogP contribution in [0.1, 0.15) is 28.5 Å². The Kier molecular flexibility index (Phi) is 4.01. The van der Waals surface area contributed by atoms with E-state index in [1.54, 1.807) is 29.3 Å². The van der Waals surface area contributed by atoms with Crippen LogP contribution in [0, 0.1) is 0 Å². The number of nitrogens with one attached hydrogen (secondary N) is 2. The fraction of sp³-hybridized carbons (Fsp3) is 0.235. The maximum Gasteiger partial charge on any atom is 0.255 e. The van der Waals surface area contributed by atoms with E-state index in [0.29, 0.717) is 28.6 Å². The van der Waals surface area contributed by atoms with Gasteiger partial charge in [-0.3, -0.25) is 15.0 Å². The van der Waals surface area contributed by atoms with Gasteiger partial charge in [-0.1, -0.05) is 23.2 Å². The van der Waals surface area contributed by atoms with E-state index in [1.165, 1.54) is 0 Å². The summed E-state index contributed by atoms with van der Waals surface area (Å²) in [6, 6.07) is 6.83. The lowest BCUT2D eigenvalue weighted by atomic mass is 9.96. The summed E-state index contributed by atoms with van der Waals surface area (Å²) in [5.74, 6) is -0.113. The predicted octanol–water partition coefficient (Wildman–Crippen LogP) is 3.69. The molecule has 1 amide bonds. The van der Waals surface area contributed by atoms with Crippen LogP contribution < -0.4 is 0 Å². The normalized spacial score (nSPS) is 16.8. The first-order valence-corrected chi connectivity index (χ1v) is 8.62. The molecule has 0 radical (unpaired) electrons. The third kappa shape index (κ3) is 2.81. The molecule has 8 heteroatoms. The molecule has 0 saturated heterocycles. The largest absolute Gasteiger partial charge is 0.330 e. The summed E-state index contributed by atoms with van der Waals surface area (Å²) in [5, 5.41) is 15.2. The second-order valence-electron chi connectivity index (χ2n) is 6.11. The molecular weight excluding hydrogens is 361 g/mol. The highest BCUT2D eigenvalue weighted by Gasteiger charge is 2.32. The SMILES string of the molecule is CC1Cc2c(-c3ccn[nH]3)n[nH]c2CN1C(=O)c1ccc(Cl)cc1Cl. The monoisotopic (exact) mass is 375 g/mol. The zero-order chi connectivity index (χ0) is 17.6. The lowest BCUT2D eigenvalue weighted by molar-refractivity contribution is 0.0655. The molecule has 25 heavy (non-hydrogen) atoms. The lowest BCUT2D eigenvalue weighted by Crippen LogP contribution is -2.42. The van der Waals surface area contributed by atoms with E-state index < -0.39 is 0 Å². The molecule has 0 aliphatic carbocycles. The van der Waals surface area contributed by atoms with Crippen LogP contribution in [-0.2, 0) is 13.0 Å². The molecule has 1 aromatic carbocycles. The van der Waals surface area contributed by atoms with Crippen LogP contribution in [0.3, 0.4) is 0 Å². The molecule has 4 rings (SSSR count). The van der Waals surface area contributed by atoms with Gasteiger partial charge in [-0.05, 0) is 37.6 Å². The van der Waals surface area contributed by atoms with E-state index in [1.807, 2.05) is 13.0 Å². The third-order valence-electron chi connectivity index (χ3n) is 4.49. The van der Waals surface area contributed by atoms with Crippen molar-refractivity contribution in [2.24, 2.45) is 0 Å². The molecule has 0 fully saturated rings. The number of aromatic amines is 2. The molecule has 1 atom stereocenters. The molecule has 128 valence electrons. The van der Waals surface area contributed by atoms with Crippen LogP contribution in [0.4, 0.5) is 0 Å². The fourth-order valence-corrected chi connectivity index (χ4v) is 3.67. The maximum absolute atomic E-state index is 12.9. The van der Waals surface area contributed by atoms with Gasteiger partial charge >= 0.3 is 0 Å². The summed E-state index contributed by atoms with van der Waals surface area (Å²) in [7, 11) is 0. The topological polar surface area (TPSA) is 77.7 Å². The van der Waals surface area contributed by atoms with Crippen LogP contribution in [-0.4, -0.2) is 37.2 Å². The Morgan fingerprint density at radius 3 is 2.84 bits per heavy atom. The summed E-state index contributed by atoms with van der Waals surface area (Å²) in [5.41, 5.74) is 4.22. The zero-order valence-electron chi connectivity index (χ0n) is 13.4. The Balaban J connectivity index is 1.65. The third-order valence-corrected chi connectivity index (χ3v) is 5.04. The van der Waals surface area contributed by atoms with Crippen molar-refractivity contribution in [3.8, 4) is 11.4 Å². The minimum Gasteiger partial charge on any atom is -0.330 e. The molecule has 1 aliphatic heterocycles. The molecule has 3 heterocycles. The zero-order valence-corrected chi connectivity index (χ0v) is 14.9. The predicted molar refractivity (Wildman–Crippen MR) is 95.7 cm³/mol. The Labute approximate surface area is 154 Å². The Morgan fingerprint density at radius 2 is 2.12 bits per heavy atom. The number of aromatic nitrogens is 4. The van der Waals surface area contributed by atoms with E-state index in [2.05, 4.69) is 20.4 Å². The highest BCUT2D eigenvalue weighted by atomic mass is 35.5. The van der Waals surface area contributed by atoms with Crippen molar-refractivity contribution in [1.29, 1.82) is 0 Å². The van der Waals surface area contributed by atoms with Gasteiger partial charge in [0.05, 0.1) is 28.5 Å². The average molecular weight is 376 g/mol. The minimum absolute atomic E-state index is 0.0195. The number of nitrogens with zero attached hydrogens (tertiary/aromatic N) is 3. The first-order valence-electron chi connectivity index (χ1n) is 7.86. The van der Waals surface area contributed by atoms with Gasteiger partial charge in [-0.2, -0.15) is 10.2 Å². The molecule has 1 unspecified atom stereocenters. The molecule has 3 aromatic rings. The van der Waals surface area contributed by atoms with E-state index in [9.17, 15) is 4.79 Å². The highest BCUT2D eigenvalue weighted by Crippen LogP contribution is 2.31. The van der Waals surface area contributed by atoms with Crippen molar-refractivity contribution in [2.75, 3.05) is 0 Å². The van der Waals surface area contributed by atoms with Crippen LogP contribution in [0.5, 0.6) is 0 Å². The molecule has 0 spiro atoms. The molecule has 2 aromatic heterocycles. The second-order valence-corrected chi connectivity index (χ2v) is 6.95. The van der Waals surface area contributed by atoms with Gasteiger partial charge in [-0.25, -0.2) is 0 Å². The first kappa shape index (κ1) is 16.2. The molecule has 6 nitrogen and oxygen atoms in total. The maximum atomic E-state index is 12.9. The summed E-state index contributed by atoms with van der Waals surface area (Å²) in [6.07, 6.45) is 2.40. The van der Waals surface area contributed by atoms with E-state index in [4.69, 9.17) is 23.2 Å². The van der Waals surface area contributed by atoms with E-state index >= 15 is 0 Å². The molecule has 0 bridgehead atoms. The number of carbonyl (C=O) groups is 1. The highest BCUT2D eigenvalue weighted by molar-refractivity contribution is 6.36. The van der Waals surface area contributed by atoms with Gasteiger partial charge < -0.3 is 4.90 Å². The van der Waals surface area contributed by atoms with Crippen LogP contribution >= 0.6 is 23.2 Å². The average Bonchev–Trinajstić information content (AvgIpc) is 3.22. The number of carbonyl (C=O) groups excluding carboxylic acids is 1. The summed E-state index contributed by atoms with van der Waals surface area (Å²) in [4.78, 5) is 14.7. The first-order chi connectivity index (χ1) is 12.0. The van der Waals surface area contributed by atoms with Crippen LogP contribution in [0.2, 0.25) is 10.0 Å². The van der Waals surface area contributed by atoms with Crippen LogP contribution in [0.25, 0.3) is 11.4 Å². The quantitative estimate of drug-likeness (QED) is 0.716.